The number of hydrogen-bond acceptors (Lipinski definition) is 6. The minimum Gasteiger partial charge on any atom is -0.507 e. The highest BCUT2D eigenvalue weighted by molar-refractivity contribution is 6.02. The van der Waals surface area contributed by atoms with Gasteiger partial charge in [0, 0.05) is 31.6 Å². The van der Waals surface area contributed by atoms with Gasteiger partial charge in [-0.3, -0.25) is 0 Å². The third kappa shape index (κ3) is 10.1. The molecule has 1 aliphatic carbocycles. The number of phenols is 2. The van der Waals surface area contributed by atoms with Gasteiger partial charge in [0.25, 0.3) is 0 Å². The van der Waals surface area contributed by atoms with Gasteiger partial charge < -0.3 is 29.2 Å². The maximum absolute atomic E-state index is 11.8. The van der Waals surface area contributed by atoms with Crippen molar-refractivity contribution in [3.8, 4) is 34.5 Å². The lowest BCUT2D eigenvalue weighted by Gasteiger charge is -2.27. The molecule has 0 aromatic heterocycles. The van der Waals surface area contributed by atoms with Gasteiger partial charge in [0.15, 0.2) is 0 Å². The number of fused-ring (bicyclic) bond motifs is 4. The van der Waals surface area contributed by atoms with Crippen LogP contribution in [-0.4, -0.2) is 36.6 Å². The summed E-state index contributed by atoms with van der Waals surface area (Å²) in [5.74, 6) is 4.75. The lowest BCUT2D eigenvalue weighted by Crippen LogP contribution is -2.17. The molecule has 1 aliphatic rings. The van der Waals surface area contributed by atoms with Crippen LogP contribution in [0.15, 0.2) is 36.4 Å². The monoisotopic (exact) mass is 797 g/mol. The Morgan fingerprint density at radius 2 is 0.672 bits per heavy atom. The second kappa shape index (κ2) is 22.5. The molecule has 0 spiro atoms. The molecule has 0 radical (unpaired) electrons. The number of rotatable bonds is 28. The van der Waals surface area contributed by atoms with Gasteiger partial charge in [-0.05, 0) is 61.5 Å². The molecule has 6 nitrogen and oxygen atoms in total. The number of phenolic OH excluding ortho intramolecular Hbond substituents is 2. The third-order valence-electron chi connectivity index (χ3n) is 13.0. The Kier molecular flexibility index (Phi) is 17.6. The molecule has 58 heavy (non-hydrogen) atoms. The van der Waals surface area contributed by atoms with Crippen LogP contribution in [-0.2, 0) is 0 Å². The summed E-state index contributed by atoms with van der Waals surface area (Å²) in [6.45, 7) is 20.2. The zero-order valence-electron chi connectivity index (χ0n) is 37.4. The first-order valence-corrected chi connectivity index (χ1v) is 23.5. The molecule has 0 saturated heterocycles. The minimum absolute atomic E-state index is 0.170. The molecule has 4 atom stereocenters. The predicted molar refractivity (Wildman–Crippen MR) is 242 cm³/mol. The minimum atomic E-state index is 0.170. The molecule has 320 valence electrons. The summed E-state index contributed by atoms with van der Waals surface area (Å²) >= 11 is 0. The molecular weight excluding hydrogens is 721 g/mol. The van der Waals surface area contributed by atoms with Crippen molar-refractivity contribution in [1.82, 2.24) is 0 Å². The lowest BCUT2D eigenvalue weighted by molar-refractivity contribution is 0.223. The first-order chi connectivity index (χ1) is 28.3. The number of unbranched alkanes of at least 4 members (excludes halogenated alkanes) is 4. The fourth-order valence-electron chi connectivity index (χ4n) is 8.79. The zero-order valence-corrected chi connectivity index (χ0v) is 37.4. The van der Waals surface area contributed by atoms with E-state index in [1.807, 2.05) is 12.1 Å². The van der Waals surface area contributed by atoms with Gasteiger partial charge in [0.05, 0.1) is 37.2 Å². The van der Waals surface area contributed by atoms with Crippen LogP contribution < -0.4 is 18.9 Å². The van der Waals surface area contributed by atoms with E-state index in [-0.39, 0.29) is 11.5 Å². The highest BCUT2D eigenvalue weighted by Crippen LogP contribution is 2.50. The topological polar surface area (TPSA) is 77.4 Å². The molecular formula is C52H76O6. The molecule has 0 saturated carbocycles. The predicted octanol–water partition coefficient (Wildman–Crippen LogP) is 14.7. The molecule has 6 heteroatoms. The number of ether oxygens (including phenoxy) is 4. The number of benzene rings is 4. The van der Waals surface area contributed by atoms with Gasteiger partial charge in [-0.1, -0.05) is 157 Å². The molecule has 5 rings (SSSR count). The van der Waals surface area contributed by atoms with Gasteiger partial charge in [0.1, 0.15) is 34.5 Å². The Morgan fingerprint density at radius 1 is 0.397 bits per heavy atom. The smallest absolute Gasteiger partial charge is 0.139 e. The van der Waals surface area contributed by atoms with E-state index in [4.69, 9.17) is 18.9 Å². The Morgan fingerprint density at radius 3 is 0.948 bits per heavy atom. The first-order valence-electron chi connectivity index (χ1n) is 23.5. The normalized spacial score (nSPS) is 14.1. The van der Waals surface area contributed by atoms with E-state index in [2.05, 4.69) is 67.5 Å². The van der Waals surface area contributed by atoms with E-state index in [1.54, 1.807) is 12.1 Å². The quantitative estimate of drug-likeness (QED) is 0.0525. The van der Waals surface area contributed by atoms with Crippen molar-refractivity contribution < 1.29 is 29.2 Å². The highest BCUT2D eigenvalue weighted by Gasteiger charge is 2.30. The van der Waals surface area contributed by atoms with E-state index >= 15 is 0 Å². The summed E-state index contributed by atoms with van der Waals surface area (Å²) in [4.78, 5) is 0. The standard InChI is InChI=1S/C52H76O6/c1-9-17-23-35(13-5)31-55-49-39-27-21-29-41(53)43(39)51(57-33-37(15-7)25-19-11-3)47-45(49)46-48(47)52(58-34-38(16-8)26-20-12-4)44-40(28-22-30-42(44)54)50(46)56-32-36(14-6)24-18-10-2/h21-22,27-30,35-38,53-54H,9-20,23-26,31-34H2,1-8H3. The first kappa shape index (κ1) is 45.3. The third-order valence-corrected chi connectivity index (χ3v) is 13.0. The number of hydrogen-bond donors (Lipinski definition) is 2. The van der Waals surface area contributed by atoms with Gasteiger partial charge >= 0.3 is 0 Å². The Hall–Kier alpha value is -3.80. The summed E-state index contributed by atoms with van der Waals surface area (Å²) in [5.41, 5.74) is 0. The maximum atomic E-state index is 11.8. The second-order valence-electron chi connectivity index (χ2n) is 17.1. The van der Waals surface area contributed by atoms with E-state index in [1.165, 1.54) is 0 Å². The molecule has 0 heterocycles. The zero-order chi connectivity index (χ0) is 41.6. The highest BCUT2D eigenvalue weighted by atomic mass is 16.5. The Bertz CT molecular complexity index is 1960. The second-order valence-corrected chi connectivity index (χ2v) is 17.1. The molecule has 4 unspecified atom stereocenters. The summed E-state index contributed by atoms with van der Waals surface area (Å²) < 4.78 is 28.2. The van der Waals surface area contributed by atoms with Crippen molar-refractivity contribution in [2.24, 2.45) is 23.7 Å². The van der Waals surface area contributed by atoms with Crippen molar-refractivity contribution in [2.75, 3.05) is 26.4 Å². The molecule has 2 N–H and O–H groups in total. The van der Waals surface area contributed by atoms with E-state index in [0.29, 0.717) is 72.4 Å². The van der Waals surface area contributed by atoms with Crippen LogP contribution in [0.4, 0.5) is 0 Å². The summed E-state index contributed by atoms with van der Waals surface area (Å²) in [6, 6.07) is 11.5. The van der Waals surface area contributed by atoms with E-state index in [0.717, 1.165) is 146 Å². The van der Waals surface area contributed by atoms with Crippen LogP contribution in [0.3, 0.4) is 0 Å². The fourth-order valence-corrected chi connectivity index (χ4v) is 8.79. The summed E-state index contributed by atoms with van der Waals surface area (Å²) in [5, 5.41) is 30.3. The van der Waals surface area contributed by atoms with Crippen LogP contribution in [0.5, 0.6) is 34.5 Å². The van der Waals surface area contributed by atoms with Crippen molar-refractivity contribution in [1.29, 1.82) is 0 Å². The van der Waals surface area contributed by atoms with Crippen molar-refractivity contribution in [2.45, 2.75) is 158 Å². The maximum Gasteiger partial charge on any atom is 0.139 e. The summed E-state index contributed by atoms with van der Waals surface area (Å²) in [7, 11) is 0. The van der Waals surface area contributed by atoms with Gasteiger partial charge in [0.2, 0.25) is 0 Å². The molecule has 4 aromatic rings. The van der Waals surface area contributed by atoms with E-state index in [9.17, 15) is 10.2 Å². The largest absolute Gasteiger partial charge is 0.507 e. The van der Waals surface area contributed by atoms with Gasteiger partial charge in [-0.15, -0.1) is 0 Å². The molecule has 4 aromatic carbocycles. The van der Waals surface area contributed by atoms with Crippen molar-refractivity contribution >= 4 is 21.5 Å². The van der Waals surface area contributed by atoms with Crippen LogP contribution in [0.25, 0.3) is 21.5 Å². The van der Waals surface area contributed by atoms with Gasteiger partial charge in [-0.2, -0.15) is 0 Å². The molecule has 0 amide bonds. The lowest BCUT2D eigenvalue weighted by atomic mass is 9.90. The van der Waals surface area contributed by atoms with Gasteiger partial charge in [-0.25, -0.2) is 0 Å². The average Bonchev–Trinajstić information content (AvgIpc) is 3.23. The van der Waals surface area contributed by atoms with Crippen LogP contribution in [0.1, 0.15) is 158 Å². The SMILES string of the molecule is CCCCC(CC)COc1c2c(c(OCC(CC)CCCC)c3c(O)cccc13)=c1c(OCC(CC)CCCC)c3c(O)cccc3c(OCC(CC)CCCC)c1=2. The van der Waals surface area contributed by atoms with Crippen molar-refractivity contribution in [3.05, 3.63) is 57.3 Å². The molecule has 0 aliphatic heterocycles. The van der Waals surface area contributed by atoms with E-state index < -0.39 is 0 Å². The van der Waals surface area contributed by atoms with Crippen LogP contribution >= 0.6 is 0 Å². The number of aromatic hydroxyl groups is 2. The molecule has 0 bridgehead atoms. The Balaban J connectivity index is 1.91. The molecule has 0 fully saturated rings. The van der Waals surface area contributed by atoms with Crippen molar-refractivity contribution in [3.63, 3.8) is 0 Å². The van der Waals surface area contributed by atoms with Crippen LogP contribution in [0.2, 0.25) is 0 Å². The Labute approximate surface area is 349 Å². The average molecular weight is 797 g/mol. The summed E-state index contributed by atoms with van der Waals surface area (Å²) in [6.07, 6.45) is 17.7. The fraction of sp³-hybridized carbons (Fsp3) is 0.615. The van der Waals surface area contributed by atoms with Crippen LogP contribution in [0, 0.1) is 44.5 Å².